The summed E-state index contributed by atoms with van der Waals surface area (Å²) in [6.07, 6.45) is 0. The second-order valence-electron chi connectivity index (χ2n) is 3.86. The van der Waals surface area contributed by atoms with Crippen molar-refractivity contribution in [3.05, 3.63) is 22.7 Å². The third kappa shape index (κ3) is 2.10. The Bertz CT molecular complexity index is 750. The van der Waals surface area contributed by atoms with Crippen LogP contribution in [-0.4, -0.2) is 26.5 Å². The van der Waals surface area contributed by atoms with Crippen molar-refractivity contribution >= 4 is 38.5 Å². The van der Waals surface area contributed by atoms with Gasteiger partial charge in [-0.05, 0) is 23.4 Å². The highest BCUT2D eigenvalue weighted by molar-refractivity contribution is 9.10. The molecular weight excluding hydrogens is 314 g/mol. The Morgan fingerprint density at radius 3 is 3.00 bits per heavy atom. The van der Waals surface area contributed by atoms with E-state index in [-0.39, 0.29) is 11.7 Å². The summed E-state index contributed by atoms with van der Waals surface area (Å²) in [7, 11) is 0. The number of carbonyl (C=O) groups is 1. The van der Waals surface area contributed by atoms with Crippen LogP contribution in [0.1, 0.15) is 6.92 Å². The molecule has 2 N–H and O–H groups in total. The molecular formula is C11H8BrN5O2. The van der Waals surface area contributed by atoms with Crippen LogP contribution in [0, 0.1) is 0 Å². The molecule has 0 spiro atoms. The number of nitrogens with zero attached hydrogens (tertiary/aromatic N) is 3. The van der Waals surface area contributed by atoms with Gasteiger partial charge in [0.15, 0.2) is 5.76 Å². The molecule has 0 unspecified atom stereocenters. The molecule has 0 aliphatic rings. The molecule has 19 heavy (non-hydrogen) atoms. The van der Waals surface area contributed by atoms with Gasteiger partial charge in [0.1, 0.15) is 5.58 Å². The highest BCUT2D eigenvalue weighted by atomic mass is 79.9. The summed E-state index contributed by atoms with van der Waals surface area (Å²) < 4.78 is 6.56. The highest BCUT2D eigenvalue weighted by Gasteiger charge is 2.20. The van der Waals surface area contributed by atoms with Gasteiger partial charge in [0.25, 0.3) is 0 Å². The fraction of sp³-hybridized carbons (Fsp3) is 0.0909. The van der Waals surface area contributed by atoms with Crippen LogP contribution in [0.15, 0.2) is 27.1 Å². The average Bonchev–Trinajstić information content (AvgIpc) is 2.97. The van der Waals surface area contributed by atoms with E-state index in [1.54, 1.807) is 6.07 Å². The molecule has 1 aromatic carbocycles. The second-order valence-corrected chi connectivity index (χ2v) is 4.78. The topological polar surface area (TPSA) is 96.7 Å². The maximum atomic E-state index is 11.3. The van der Waals surface area contributed by atoms with Crippen molar-refractivity contribution in [3.63, 3.8) is 0 Å². The first kappa shape index (κ1) is 11.8. The van der Waals surface area contributed by atoms with Crippen molar-refractivity contribution in [3.8, 4) is 11.6 Å². The first-order valence-corrected chi connectivity index (χ1v) is 6.18. The maximum absolute atomic E-state index is 11.3. The zero-order valence-electron chi connectivity index (χ0n) is 9.77. The zero-order valence-corrected chi connectivity index (χ0v) is 11.4. The maximum Gasteiger partial charge on any atom is 0.242 e. The number of benzene rings is 1. The van der Waals surface area contributed by atoms with Crippen molar-refractivity contribution in [2.24, 2.45) is 0 Å². The number of tetrazole rings is 1. The third-order valence-corrected chi connectivity index (χ3v) is 2.99. The number of H-pyrrole nitrogens is 1. The summed E-state index contributed by atoms with van der Waals surface area (Å²) in [6.45, 7) is 1.43. The molecule has 3 aromatic rings. The normalized spacial score (nSPS) is 10.8. The van der Waals surface area contributed by atoms with Gasteiger partial charge in [-0.2, -0.15) is 5.21 Å². The number of nitrogens with one attached hydrogen (secondary N) is 2. The Labute approximate surface area is 115 Å². The number of carbonyl (C=O) groups excluding carboxylic acids is 1. The number of hydrogen-bond acceptors (Lipinski definition) is 5. The van der Waals surface area contributed by atoms with E-state index in [1.807, 2.05) is 12.1 Å². The van der Waals surface area contributed by atoms with Crippen molar-refractivity contribution in [2.45, 2.75) is 6.92 Å². The van der Waals surface area contributed by atoms with Gasteiger partial charge in [-0.25, -0.2) is 0 Å². The predicted octanol–water partition coefficient (Wildman–Crippen LogP) is 2.33. The number of anilines is 1. The Hall–Kier alpha value is -2.22. The van der Waals surface area contributed by atoms with Gasteiger partial charge in [-0.1, -0.05) is 15.9 Å². The van der Waals surface area contributed by atoms with Gasteiger partial charge in [0.2, 0.25) is 11.7 Å². The minimum atomic E-state index is -0.201. The Morgan fingerprint density at radius 2 is 2.32 bits per heavy atom. The van der Waals surface area contributed by atoms with Crippen molar-refractivity contribution < 1.29 is 9.21 Å². The molecule has 7 nitrogen and oxygen atoms in total. The second kappa shape index (κ2) is 4.47. The summed E-state index contributed by atoms with van der Waals surface area (Å²) in [5.41, 5.74) is 1.16. The number of hydrogen-bond donors (Lipinski definition) is 2. The monoisotopic (exact) mass is 321 g/mol. The number of rotatable bonds is 2. The lowest BCUT2D eigenvalue weighted by Crippen LogP contribution is -2.06. The van der Waals surface area contributed by atoms with E-state index in [1.165, 1.54) is 6.92 Å². The SMILES string of the molecule is CC(=O)Nc1c(-c2nn[nH]n2)oc2ccc(Br)cc12. The van der Waals surface area contributed by atoms with Gasteiger partial charge < -0.3 is 9.73 Å². The zero-order chi connectivity index (χ0) is 13.4. The summed E-state index contributed by atoms with van der Waals surface area (Å²) in [5.74, 6) is 0.459. The average molecular weight is 322 g/mol. The molecule has 3 rings (SSSR count). The van der Waals surface area contributed by atoms with Crippen LogP contribution in [0.3, 0.4) is 0 Å². The van der Waals surface area contributed by atoms with Gasteiger partial charge in [0.05, 0.1) is 5.69 Å². The quantitative estimate of drug-likeness (QED) is 0.755. The molecule has 0 saturated heterocycles. The lowest BCUT2D eigenvalue weighted by atomic mass is 10.2. The van der Waals surface area contributed by atoms with Crippen LogP contribution in [-0.2, 0) is 4.79 Å². The van der Waals surface area contributed by atoms with Crippen LogP contribution >= 0.6 is 15.9 Å². The van der Waals surface area contributed by atoms with E-state index in [0.29, 0.717) is 17.0 Å². The summed E-state index contributed by atoms with van der Waals surface area (Å²) in [5, 5.41) is 17.1. The van der Waals surface area contributed by atoms with E-state index < -0.39 is 0 Å². The van der Waals surface area contributed by atoms with E-state index in [4.69, 9.17) is 4.42 Å². The lowest BCUT2D eigenvalue weighted by Gasteiger charge is -2.00. The Balaban J connectivity index is 2.28. The molecule has 1 amide bonds. The number of aromatic amines is 1. The minimum Gasteiger partial charge on any atom is -0.450 e. The smallest absolute Gasteiger partial charge is 0.242 e. The molecule has 0 fully saturated rings. The fourth-order valence-electron chi connectivity index (χ4n) is 1.79. The minimum absolute atomic E-state index is 0.201. The molecule has 0 aliphatic carbocycles. The number of aromatic nitrogens is 4. The molecule has 2 aromatic heterocycles. The van der Waals surface area contributed by atoms with Gasteiger partial charge in [-0.15, -0.1) is 10.2 Å². The van der Waals surface area contributed by atoms with E-state index in [2.05, 4.69) is 41.9 Å². The Kier molecular flexibility index (Phi) is 2.79. The van der Waals surface area contributed by atoms with Crippen molar-refractivity contribution in [1.82, 2.24) is 20.6 Å². The van der Waals surface area contributed by atoms with Crippen LogP contribution in [0.4, 0.5) is 5.69 Å². The molecule has 0 saturated carbocycles. The third-order valence-electron chi connectivity index (χ3n) is 2.50. The highest BCUT2D eigenvalue weighted by Crippen LogP contribution is 2.37. The molecule has 0 atom stereocenters. The molecule has 2 heterocycles. The predicted molar refractivity (Wildman–Crippen MR) is 71.4 cm³/mol. The molecule has 8 heteroatoms. The van der Waals surface area contributed by atoms with Gasteiger partial charge in [0, 0.05) is 16.8 Å². The van der Waals surface area contributed by atoms with Crippen LogP contribution in [0.25, 0.3) is 22.6 Å². The summed E-state index contributed by atoms with van der Waals surface area (Å²) in [4.78, 5) is 11.3. The molecule has 0 bridgehead atoms. The fourth-order valence-corrected chi connectivity index (χ4v) is 2.15. The van der Waals surface area contributed by atoms with Gasteiger partial charge in [-0.3, -0.25) is 4.79 Å². The first-order chi connectivity index (χ1) is 9.15. The number of fused-ring (bicyclic) bond motifs is 1. The first-order valence-electron chi connectivity index (χ1n) is 5.38. The van der Waals surface area contributed by atoms with Crippen molar-refractivity contribution in [1.29, 1.82) is 0 Å². The molecule has 96 valence electrons. The van der Waals surface area contributed by atoms with Crippen LogP contribution in [0.5, 0.6) is 0 Å². The van der Waals surface area contributed by atoms with Crippen LogP contribution < -0.4 is 5.32 Å². The summed E-state index contributed by atoms with van der Waals surface area (Å²) in [6, 6.07) is 5.51. The number of furan rings is 1. The van der Waals surface area contributed by atoms with E-state index in [0.717, 1.165) is 9.86 Å². The Morgan fingerprint density at radius 1 is 1.47 bits per heavy atom. The lowest BCUT2D eigenvalue weighted by molar-refractivity contribution is -0.114. The van der Waals surface area contributed by atoms with Gasteiger partial charge >= 0.3 is 0 Å². The van der Waals surface area contributed by atoms with Crippen molar-refractivity contribution in [2.75, 3.05) is 5.32 Å². The number of halogens is 1. The van der Waals surface area contributed by atoms with E-state index >= 15 is 0 Å². The van der Waals surface area contributed by atoms with Crippen LogP contribution in [0.2, 0.25) is 0 Å². The largest absolute Gasteiger partial charge is 0.450 e. The van der Waals surface area contributed by atoms with E-state index in [9.17, 15) is 4.79 Å². The standard InChI is InChI=1S/C11H8BrN5O2/c1-5(18)13-9-7-4-6(12)2-3-8(7)19-10(9)11-14-16-17-15-11/h2-4H,1H3,(H,13,18)(H,14,15,16,17). The molecule has 0 aliphatic heterocycles. The summed E-state index contributed by atoms with van der Waals surface area (Å²) >= 11 is 3.39. The molecule has 0 radical (unpaired) electrons. The number of amides is 1.